The Hall–Kier alpha value is -1.68. The lowest BCUT2D eigenvalue weighted by Gasteiger charge is -2.21. The Kier molecular flexibility index (Phi) is 6.30. The fourth-order valence-corrected chi connectivity index (χ4v) is 2.29. The number of amides is 1. The summed E-state index contributed by atoms with van der Waals surface area (Å²) in [5.74, 6) is -1.74. The highest BCUT2D eigenvalue weighted by Gasteiger charge is 2.26. The number of aliphatic hydroxyl groups is 1. The summed E-state index contributed by atoms with van der Waals surface area (Å²) < 4.78 is 71.8. The summed E-state index contributed by atoms with van der Waals surface area (Å²) >= 11 is 0. The number of carbonyl (C=O) groups is 1. The molecule has 0 heterocycles. The van der Waals surface area contributed by atoms with Gasteiger partial charge in [-0.2, -0.15) is 8.78 Å². The van der Waals surface area contributed by atoms with E-state index in [0.717, 1.165) is 24.3 Å². The molecule has 2 N–H and O–H groups in total. The number of halogens is 4. The number of alkyl halides is 4. The van der Waals surface area contributed by atoms with E-state index in [1.54, 1.807) is 5.32 Å². The summed E-state index contributed by atoms with van der Waals surface area (Å²) in [7, 11) is -4.09. The van der Waals surface area contributed by atoms with Gasteiger partial charge in [-0.3, -0.25) is 4.79 Å². The van der Waals surface area contributed by atoms with Crippen molar-refractivity contribution in [3.8, 4) is 0 Å². The lowest BCUT2D eigenvalue weighted by atomic mass is 10.0. The first-order valence-electron chi connectivity index (χ1n) is 5.94. The molecule has 0 unspecified atom stereocenters. The average Bonchev–Trinajstić information content (AvgIpc) is 2.51. The molecule has 0 saturated heterocycles. The number of hydrogen-bond acceptors (Lipinski definition) is 4. The number of rotatable bonds is 7. The van der Waals surface area contributed by atoms with E-state index in [0.29, 0.717) is 0 Å². The maximum Gasteiger partial charge on any atom is 0.315 e. The molecule has 0 saturated carbocycles. The van der Waals surface area contributed by atoms with Gasteiger partial charge in [0.25, 0.3) is 5.91 Å². The predicted molar refractivity (Wildman–Crippen MR) is 68.5 cm³/mol. The summed E-state index contributed by atoms with van der Waals surface area (Å²) in [4.78, 5) is 10.5. The molecule has 22 heavy (non-hydrogen) atoms. The topological polar surface area (TPSA) is 83.5 Å². The molecule has 1 amide bonds. The SMILES string of the molecule is O=C(N[C@H](CF)[C@H](O)c1ccc(S(=O)(=O)CF)cc1)C(F)F. The van der Waals surface area contributed by atoms with Crippen molar-refractivity contribution in [3.05, 3.63) is 29.8 Å². The van der Waals surface area contributed by atoms with E-state index in [-0.39, 0.29) is 10.5 Å². The molecule has 0 aliphatic rings. The van der Waals surface area contributed by atoms with E-state index in [1.807, 2.05) is 0 Å². The zero-order valence-corrected chi connectivity index (χ0v) is 11.9. The van der Waals surface area contributed by atoms with E-state index in [1.165, 1.54) is 0 Å². The third-order valence-corrected chi connectivity index (χ3v) is 4.08. The van der Waals surface area contributed by atoms with Crippen molar-refractivity contribution in [2.45, 2.75) is 23.5 Å². The molecule has 0 fully saturated rings. The van der Waals surface area contributed by atoms with Crippen molar-refractivity contribution in [2.75, 3.05) is 12.7 Å². The molecule has 5 nitrogen and oxygen atoms in total. The highest BCUT2D eigenvalue weighted by molar-refractivity contribution is 7.91. The minimum absolute atomic E-state index is 0.0185. The predicted octanol–water partition coefficient (Wildman–Crippen LogP) is 1.14. The van der Waals surface area contributed by atoms with Gasteiger partial charge in [-0.1, -0.05) is 12.1 Å². The van der Waals surface area contributed by atoms with Crippen molar-refractivity contribution in [3.63, 3.8) is 0 Å². The Morgan fingerprint density at radius 2 is 1.73 bits per heavy atom. The van der Waals surface area contributed by atoms with Gasteiger partial charge in [0.05, 0.1) is 10.9 Å². The van der Waals surface area contributed by atoms with Gasteiger partial charge in [0.15, 0.2) is 6.01 Å². The van der Waals surface area contributed by atoms with Crippen molar-refractivity contribution in [1.29, 1.82) is 0 Å². The van der Waals surface area contributed by atoms with Crippen LogP contribution in [0.15, 0.2) is 29.2 Å². The highest BCUT2D eigenvalue weighted by atomic mass is 32.2. The van der Waals surface area contributed by atoms with Crippen LogP contribution in [0.3, 0.4) is 0 Å². The molecule has 0 aromatic heterocycles. The van der Waals surface area contributed by atoms with E-state index < -0.39 is 47.0 Å². The fraction of sp³-hybridized carbons (Fsp3) is 0.417. The highest BCUT2D eigenvalue weighted by Crippen LogP contribution is 2.20. The normalized spacial score (nSPS) is 14.6. The lowest BCUT2D eigenvalue weighted by Crippen LogP contribution is -2.43. The third-order valence-electron chi connectivity index (χ3n) is 2.80. The van der Waals surface area contributed by atoms with Gasteiger partial charge in [0, 0.05) is 0 Å². The zero-order chi connectivity index (χ0) is 16.9. The zero-order valence-electron chi connectivity index (χ0n) is 11.0. The Morgan fingerprint density at radius 1 is 1.18 bits per heavy atom. The molecule has 1 rings (SSSR count). The van der Waals surface area contributed by atoms with Crippen LogP contribution >= 0.6 is 0 Å². The molecule has 2 atom stereocenters. The number of carbonyl (C=O) groups excluding carboxylic acids is 1. The molecule has 1 aromatic carbocycles. The molecule has 0 aliphatic carbocycles. The largest absolute Gasteiger partial charge is 0.386 e. The van der Waals surface area contributed by atoms with Gasteiger partial charge >= 0.3 is 6.43 Å². The molecule has 1 aromatic rings. The molecular formula is C12H13F4NO4S. The van der Waals surface area contributed by atoms with Crippen molar-refractivity contribution in [1.82, 2.24) is 5.32 Å². The van der Waals surface area contributed by atoms with Gasteiger partial charge in [0.2, 0.25) is 9.84 Å². The van der Waals surface area contributed by atoms with Crippen LogP contribution in [-0.4, -0.2) is 44.6 Å². The van der Waals surface area contributed by atoms with Crippen molar-refractivity contribution in [2.24, 2.45) is 0 Å². The first kappa shape index (κ1) is 18.4. The van der Waals surface area contributed by atoms with E-state index in [4.69, 9.17) is 0 Å². The van der Waals surface area contributed by atoms with Crippen LogP contribution in [-0.2, 0) is 14.6 Å². The number of aliphatic hydroxyl groups excluding tert-OH is 1. The van der Waals surface area contributed by atoms with Crippen LogP contribution in [0.5, 0.6) is 0 Å². The standard InChI is InChI=1S/C12H13F4NO4S/c13-5-9(17-12(19)11(15)16)10(18)7-1-3-8(4-2-7)22(20,21)6-14/h1-4,9-11,18H,5-6H2,(H,17,19)/t9-,10-/m1/s1. The number of hydrogen-bond donors (Lipinski definition) is 2. The Labute approximate surface area is 123 Å². The summed E-state index contributed by atoms with van der Waals surface area (Å²) in [6, 6.07) is 0.890. The summed E-state index contributed by atoms with van der Waals surface area (Å²) in [5, 5.41) is 11.5. The molecule has 0 spiro atoms. The molecule has 124 valence electrons. The minimum atomic E-state index is -4.09. The number of benzene rings is 1. The summed E-state index contributed by atoms with van der Waals surface area (Å²) in [5.41, 5.74) is -0.0185. The molecule has 0 aliphatic heterocycles. The Bertz CT molecular complexity index is 606. The van der Waals surface area contributed by atoms with Crippen LogP contribution in [0.4, 0.5) is 17.6 Å². The van der Waals surface area contributed by atoms with Crippen molar-refractivity contribution >= 4 is 15.7 Å². The second-order valence-corrected chi connectivity index (χ2v) is 6.23. The molecule has 0 radical (unpaired) electrons. The van der Waals surface area contributed by atoms with E-state index >= 15 is 0 Å². The van der Waals surface area contributed by atoms with Crippen LogP contribution in [0.25, 0.3) is 0 Å². The van der Waals surface area contributed by atoms with Gasteiger partial charge in [-0.05, 0) is 17.7 Å². The maximum absolute atomic E-state index is 12.8. The Morgan fingerprint density at radius 3 is 2.14 bits per heavy atom. The summed E-state index contributed by atoms with van der Waals surface area (Å²) in [6.45, 7) is -1.32. The van der Waals surface area contributed by atoms with Crippen LogP contribution < -0.4 is 5.32 Å². The smallest absolute Gasteiger partial charge is 0.315 e. The second-order valence-electron chi connectivity index (χ2n) is 4.31. The minimum Gasteiger partial charge on any atom is -0.386 e. The van der Waals surface area contributed by atoms with Crippen LogP contribution in [0.1, 0.15) is 11.7 Å². The van der Waals surface area contributed by atoms with Gasteiger partial charge < -0.3 is 10.4 Å². The number of nitrogens with one attached hydrogen (secondary N) is 1. The first-order valence-corrected chi connectivity index (χ1v) is 7.59. The molecular weight excluding hydrogens is 330 g/mol. The van der Waals surface area contributed by atoms with Gasteiger partial charge in [0.1, 0.15) is 12.8 Å². The molecule has 10 heteroatoms. The van der Waals surface area contributed by atoms with Gasteiger partial charge in [-0.15, -0.1) is 0 Å². The monoisotopic (exact) mass is 343 g/mol. The van der Waals surface area contributed by atoms with E-state index in [2.05, 4.69) is 0 Å². The first-order chi connectivity index (χ1) is 10.2. The molecule has 0 bridgehead atoms. The summed E-state index contributed by atoms with van der Waals surface area (Å²) in [6.07, 6.45) is -5.03. The van der Waals surface area contributed by atoms with E-state index in [9.17, 15) is 35.9 Å². The average molecular weight is 343 g/mol. The van der Waals surface area contributed by atoms with Gasteiger partial charge in [-0.25, -0.2) is 17.2 Å². The second kappa shape index (κ2) is 7.54. The van der Waals surface area contributed by atoms with Crippen LogP contribution in [0.2, 0.25) is 0 Å². The quantitative estimate of drug-likeness (QED) is 0.728. The maximum atomic E-state index is 12.8. The number of sulfone groups is 1. The van der Waals surface area contributed by atoms with Crippen LogP contribution in [0, 0.1) is 0 Å². The third kappa shape index (κ3) is 4.41. The lowest BCUT2D eigenvalue weighted by molar-refractivity contribution is -0.133. The fourth-order valence-electron chi connectivity index (χ4n) is 1.62. The van der Waals surface area contributed by atoms with Crippen molar-refractivity contribution < 1.29 is 35.9 Å². The Balaban J connectivity index is 2.92.